The van der Waals surface area contributed by atoms with Crippen LogP contribution < -0.4 is 63.2 Å². The highest BCUT2D eigenvalue weighted by atomic mass is 19.1. The minimum atomic E-state index is -1.89. The van der Waals surface area contributed by atoms with Gasteiger partial charge in [0.25, 0.3) is 0 Å². The number of aromatic nitrogens is 1. The number of aryl methyl sites for hydroxylation is 1. The van der Waals surface area contributed by atoms with Crippen LogP contribution in [0.25, 0.3) is 10.9 Å². The minimum absolute atomic E-state index is 0.0353. The highest BCUT2D eigenvalue weighted by Crippen LogP contribution is 2.33. The number of hydrogen-bond donors (Lipinski definition) is 13. The Morgan fingerprint density at radius 1 is 0.612 bits per heavy atom. The van der Waals surface area contributed by atoms with E-state index in [-0.39, 0.29) is 168 Å². The monoisotopic (exact) mass is 1800 g/mol. The highest BCUT2D eigenvalue weighted by molar-refractivity contribution is 6.00. The van der Waals surface area contributed by atoms with Crippen LogP contribution in [0.2, 0.25) is 0 Å². The van der Waals surface area contributed by atoms with Crippen LogP contribution in [0.1, 0.15) is 131 Å². The van der Waals surface area contributed by atoms with Crippen molar-refractivity contribution in [2.24, 2.45) is 0 Å². The van der Waals surface area contributed by atoms with Crippen LogP contribution in [-0.4, -0.2) is 291 Å². The molecule has 5 aromatic rings. The summed E-state index contributed by atoms with van der Waals surface area (Å²) in [7, 11) is 1.48. The molecule has 129 heavy (non-hydrogen) atoms. The van der Waals surface area contributed by atoms with Gasteiger partial charge in [-0.2, -0.15) is 0 Å². The zero-order valence-corrected chi connectivity index (χ0v) is 73.3. The van der Waals surface area contributed by atoms with E-state index in [1.54, 1.807) is 72.6 Å². The number of carbonyl (C=O) groups excluding carboxylic acids is 14. The van der Waals surface area contributed by atoms with Crippen molar-refractivity contribution in [3.05, 3.63) is 136 Å². The molecule has 14 amide bonds. The summed E-state index contributed by atoms with van der Waals surface area (Å²) < 4.78 is 51.4. The summed E-state index contributed by atoms with van der Waals surface area (Å²) >= 11 is 0. The number of nitrogens with zero attached hydrogens (tertiary/aromatic N) is 4. The van der Waals surface area contributed by atoms with E-state index < -0.39 is 169 Å². The first-order valence-corrected chi connectivity index (χ1v) is 44.0. The van der Waals surface area contributed by atoms with E-state index >= 15 is 33.2 Å². The van der Waals surface area contributed by atoms with Gasteiger partial charge >= 0.3 is 5.97 Å². The Labute approximate surface area is 746 Å². The SMILES string of the molecule is COc1ccc(C[C@@H]2NC(=O)[C@H]([C@@H](C)O)NC(=O)C3[C@@H]4CCN3C(=O)[C@@H]3Cc5cn(c6ccc(F)cc56)CCCCCCN(Cc5ccc(cc5)CCNC(=O)[C@]5(C)CCCN5C2=O)C(=O)CCC(=O)N[C@@H](C)C(=O)N[C@H](CNC(=O)COCCOCCNC(=O)COCCOCCNC(=O)CCCC(=O)O)C(=O)N[C@@H](Cc2cccc(c2)CNC(=O)CO4)C(=O)N3)cc1. The Bertz CT molecular complexity index is 4750. The van der Waals surface area contributed by atoms with Crippen LogP contribution >= 0.6 is 0 Å². The molecule has 0 radical (unpaired) electrons. The van der Waals surface area contributed by atoms with Crippen LogP contribution in [0.3, 0.4) is 0 Å². The van der Waals surface area contributed by atoms with Gasteiger partial charge in [0, 0.05) is 127 Å². The summed E-state index contributed by atoms with van der Waals surface area (Å²) in [6, 6.07) is 13.1. The number of fused-ring (bicyclic) bond motifs is 16. The molecule has 6 aliphatic heterocycles. The standard InChI is InChI=1S/C90H120FN15O23/c1-56-82(116)101-70(50-96-76(111)54-128-43-41-126-39-33-93-75(110)53-127-42-40-125-38-32-92-73(108)14-10-15-79(114)115)84(118)98-67-46-61-12-9-13-62(44-61)49-95-77(112)55-129-72-29-37-105-81(72)86(120)102-80(57(2)107)85(119)100-68(45-59-20-23-65(124-4)24-21-59)88(122)106-36-11-30-90(106,3)89(123)94-31-28-58-16-18-60(19-17-58)51-104(78(113)27-26-74(109)97-56)35-8-6-5-7-34-103-52-63(47-69(87(105)121)99-83(67)117)66-48-64(91)22-25-71(66)103/h9,12-13,16-25,44,48,52,56-57,67-70,72,80-81,107H,5-8,10-11,14-15,26-43,45-47,49-51,53-55H2,1-4H3,(H,92,108)(H,93,110)(H,94,123)(H,95,112)(H,96,111)(H,97,109)(H,98,118)(H,99,117)(H,100,119)(H,101,116)(H,102,120)(H,114,115)/t56-,57+,67-,68-,69-,70+,72-,80-,81?,90-/m0/s1. The molecule has 0 aliphatic carbocycles. The van der Waals surface area contributed by atoms with Crippen LogP contribution in [0.15, 0.2) is 97.2 Å². The maximum absolute atomic E-state index is 16.3. The van der Waals surface area contributed by atoms with Gasteiger partial charge in [0.05, 0.1) is 59.0 Å². The maximum atomic E-state index is 16.3. The van der Waals surface area contributed by atoms with Gasteiger partial charge in [0.1, 0.15) is 79.2 Å². The molecule has 4 aromatic carbocycles. The van der Waals surface area contributed by atoms with Crippen molar-refractivity contribution in [3.8, 4) is 5.75 Å². The molecule has 6 aliphatic rings. The molecule has 12 bridgehead atoms. The summed E-state index contributed by atoms with van der Waals surface area (Å²) in [5, 5.41) is 50.7. The fraction of sp³-hybridized carbons (Fsp3) is 0.544. The van der Waals surface area contributed by atoms with E-state index in [2.05, 4.69) is 58.5 Å². The number of carboxylic acid groups (broad SMARTS) is 1. The van der Waals surface area contributed by atoms with Crippen molar-refractivity contribution < 1.29 is 115 Å². The molecular formula is C90H120FN15O23. The van der Waals surface area contributed by atoms with Crippen LogP contribution in [0, 0.1) is 5.82 Å². The predicted octanol–water partition coefficient (Wildman–Crippen LogP) is -0.151. The van der Waals surface area contributed by atoms with Crippen LogP contribution in [0.4, 0.5) is 4.39 Å². The second kappa shape index (κ2) is 49.5. The molecule has 10 atom stereocenters. The second-order valence-corrected chi connectivity index (χ2v) is 32.9. The number of hydrogen-bond acceptors (Lipinski definition) is 22. The van der Waals surface area contributed by atoms with E-state index in [9.17, 15) is 48.3 Å². The number of rotatable bonds is 26. The number of aliphatic hydroxyl groups excluding tert-OH is 1. The van der Waals surface area contributed by atoms with Crippen LogP contribution in [-0.2, 0) is 141 Å². The molecule has 2 saturated heterocycles. The lowest BCUT2D eigenvalue weighted by atomic mass is 9.95. The number of aliphatic hydroxyl groups is 1. The number of amides is 14. The van der Waals surface area contributed by atoms with Gasteiger partial charge < -0.3 is 116 Å². The molecule has 0 spiro atoms. The van der Waals surface area contributed by atoms with Crippen LogP contribution in [0.5, 0.6) is 5.75 Å². The maximum Gasteiger partial charge on any atom is 0.303 e. The quantitative estimate of drug-likeness (QED) is 0.0320. The lowest BCUT2D eigenvalue weighted by Gasteiger charge is -2.37. The molecule has 2 fully saturated rings. The Kier molecular flexibility index (Phi) is 38.0. The Balaban J connectivity index is 0.952. The predicted molar refractivity (Wildman–Crippen MR) is 463 cm³/mol. The summed E-state index contributed by atoms with van der Waals surface area (Å²) in [6.45, 7) is 3.07. The zero-order valence-electron chi connectivity index (χ0n) is 73.3. The minimum Gasteiger partial charge on any atom is -0.497 e. The summed E-state index contributed by atoms with van der Waals surface area (Å²) in [5.41, 5.74) is 2.46. The lowest BCUT2D eigenvalue weighted by Crippen LogP contribution is -2.64. The average Bonchev–Trinajstić information content (AvgIpc) is 1.63. The number of ether oxygens (including phenoxy) is 6. The van der Waals surface area contributed by atoms with Crippen molar-refractivity contribution >= 4 is 99.6 Å². The summed E-state index contributed by atoms with van der Waals surface area (Å²) in [6.07, 6.45) is 0.430. The molecule has 0 saturated carbocycles. The van der Waals surface area contributed by atoms with Gasteiger partial charge in [-0.15, -0.1) is 0 Å². The molecule has 1 aromatic heterocycles. The average molecular weight is 1800 g/mol. The number of carboxylic acids is 1. The van der Waals surface area contributed by atoms with E-state index in [4.69, 9.17) is 33.5 Å². The molecule has 1 unspecified atom stereocenters. The van der Waals surface area contributed by atoms with Gasteiger partial charge in [-0.05, 0) is 129 Å². The normalized spacial score (nSPS) is 22.9. The van der Waals surface area contributed by atoms with Gasteiger partial charge in [0.2, 0.25) is 82.7 Å². The molecule has 700 valence electrons. The molecule has 7 heterocycles. The lowest BCUT2D eigenvalue weighted by molar-refractivity contribution is -0.148. The third kappa shape index (κ3) is 30.0. The van der Waals surface area contributed by atoms with E-state index in [0.717, 1.165) is 16.0 Å². The molecule has 38 nitrogen and oxygen atoms in total. The van der Waals surface area contributed by atoms with E-state index in [0.29, 0.717) is 84.0 Å². The number of nitrogens with one attached hydrogen (secondary N) is 11. The van der Waals surface area contributed by atoms with E-state index in [1.165, 1.54) is 38.0 Å². The third-order valence-electron chi connectivity index (χ3n) is 23.2. The van der Waals surface area contributed by atoms with Gasteiger partial charge in [-0.3, -0.25) is 71.9 Å². The Morgan fingerprint density at radius 2 is 1.29 bits per heavy atom. The van der Waals surface area contributed by atoms with Crippen molar-refractivity contribution in [2.75, 3.05) is 112 Å². The molecule has 39 heteroatoms. The molecule has 13 N–H and O–H groups in total. The molecule has 11 rings (SSSR count). The molecular weight excluding hydrogens is 1680 g/mol. The smallest absolute Gasteiger partial charge is 0.303 e. The van der Waals surface area contributed by atoms with E-state index in [1.807, 2.05) is 28.8 Å². The summed E-state index contributed by atoms with van der Waals surface area (Å²) in [4.78, 5) is 218. The Hall–Kier alpha value is -12.0. The topological polar surface area (TPSA) is 499 Å². The first kappa shape index (κ1) is 99.1. The van der Waals surface area contributed by atoms with Gasteiger partial charge in [0.15, 0.2) is 0 Å². The van der Waals surface area contributed by atoms with Gasteiger partial charge in [-0.25, -0.2) is 4.39 Å². The largest absolute Gasteiger partial charge is 0.497 e. The van der Waals surface area contributed by atoms with Gasteiger partial charge in [-0.1, -0.05) is 73.5 Å². The first-order valence-electron chi connectivity index (χ1n) is 44.0. The fourth-order valence-corrected chi connectivity index (χ4v) is 16.1. The van der Waals surface area contributed by atoms with Crippen molar-refractivity contribution in [1.29, 1.82) is 0 Å². The third-order valence-corrected chi connectivity index (χ3v) is 23.2. The van der Waals surface area contributed by atoms with Crippen molar-refractivity contribution in [2.45, 2.75) is 203 Å². The number of halogens is 1. The Morgan fingerprint density at radius 3 is 2.00 bits per heavy atom. The van der Waals surface area contributed by atoms with Crippen molar-refractivity contribution in [1.82, 2.24) is 77.8 Å². The number of methoxy groups -OCH3 is 1. The first-order chi connectivity index (χ1) is 62.0. The number of aliphatic carboxylic acids is 1. The summed E-state index contributed by atoms with van der Waals surface area (Å²) in [5.74, 6) is -11.7. The second-order valence-electron chi connectivity index (χ2n) is 32.9. The van der Waals surface area contributed by atoms with Crippen molar-refractivity contribution in [3.63, 3.8) is 0 Å². The fourth-order valence-electron chi connectivity index (χ4n) is 16.1. The number of carbonyl (C=O) groups is 15. The number of benzene rings is 4. The zero-order chi connectivity index (χ0) is 92.5. The highest BCUT2D eigenvalue weighted by Gasteiger charge is 2.50.